The summed E-state index contributed by atoms with van der Waals surface area (Å²) in [5.74, 6) is -3.21. The number of anilines is 2. The smallest absolute Gasteiger partial charge is 0.234 e. The second-order valence-electron chi connectivity index (χ2n) is 6.31. The van der Waals surface area contributed by atoms with Crippen molar-refractivity contribution in [2.24, 2.45) is 0 Å². The number of thioether (sulfide) groups is 1. The largest absolute Gasteiger partial charge is 0.325 e. The molecular weight excluding hydrogens is 431 g/mol. The predicted molar refractivity (Wildman–Crippen MR) is 110 cm³/mol. The van der Waals surface area contributed by atoms with E-state index in [9.17, 15) is 22.8 Å². The molecule has 1 aromatic heterocycles. The van der Waals surface area contributed by atoms with Crippen LogP contribution in [-0.4, -0.2) is 32.3 Å². The number of nitrogens with zero attached hydrogens (tertiary/aromatic N) is 3. The van der Waals surface area contributed by atoms with Gasteiger partial charge >= 0.3 is 0 Å². The van der Waals surface area contributed by atoms with Gasteiger partial charge in [0.05, 0.1) is 17.9 Å². The molecule has 2 amide bonds. The summed E-state index contributed by atoms with van der Waals surface area (Å²) < 4.78 is 41.6. The molecule has 0 bridgehead atoms. The van der Waals surface area contributed by atoms with Crippen LogP contribution in [0, 0.1) is 17.5 Å². The van der Waals surface area contributed by atoms with Crippen LogP contribution in [0.3, 0.4) is 0 Å². The van der Waals surface area contributed by atoms with Gasteiger partial charge in [0.15, 0.2) is 16.8 Å². The summed E-state index contributed by atoms with van der Waals surface area (Å²) in [7, 11) is 0. The number of hydrogen-bond acceptors (Lipinski definition) is 5. The Kier molecular flexibility index (Phi) is 7.29. The molecule has 1 heterocycles. The van der Waals surface area contributed by atoms with E-state index in [0.29, 0.717) is 17.5 Å². The van der Waals surface area contributed by atoms with Gasteiger partial charge in [-0.25, -0.2) is 13.2 Å². The number of para-hydroxylation sites is 1. The quantitative estimate of drug-likeness (QED) is 0.513. The van der Waals surface area contributed by atoms with Gasteiger partial charge in [-0.3, -0.25) is 9.59 Å². The summed E-state index contributed by atoms with van der Waals surface area (Å²) in [4.78, 5) is 24.3. The van der Waals surface area contributed by atoms with Crippen molar-refractivity contribution in [3.05, 3.63) is 65.7 Å². The minimum absolute atomic E-state index is 0.0570. The Balaban J connectivity index is 1.59. The molecule has 0 saturated carbocycles. The predicted octanol–water partition coefficient (Wildman–Crippen LogP) is 3.63. The summed E-state index contributed by atoms with van der Waals surface area (Å²) in [5.41, 5.74) is 0.200. The van der Waals surface area contributed by atoms with Gasteiger partial charge in [0.25, 0.3) is 0 Å². The Morgan fingerprint density at radius 2 is 1.74 bits per heavy atom. The lowest BCUT2D eigenvalue weighted by molar-refractivity contribution is -0.116. The number of rotatable bonds is 8. The van der Waals surface area contributed by atoms with Crippen molar-refractivity contribution in [1.29, 1.82) is 0 Å². The summed E-state index contributed by atoms with van der Waals surface area (Å²) in [6, 6.07) is 8.87. The minimum atomic E-state index is -1.06. The Bertz CT molecular complexity index is 1110. The molecule has 0 aliphatic heterocycles. The number of hydrogen-bond donors (Lipinski definition) is 2. The van der Waals surface area contributed by atoms with E-state index in [1.807, 2.05) is 6.92 Å². The summed E-state index contributed by atoms with van der Waals surface area (Å²) >= 11 is 1.08. The van der Waals surface area contributed by atoms with Crippen LogP contribution in [0.25, 0.3) is 0 Å². The lowest BCUT2D eigenvalue weighted by Crippen LogP contribution is -2.18. The topological polar surface area (TPSA) is 88.9 Å². The molecule has 3 rings (SSSR count). The fourth-order valence-corrected chi connectivity index (χ4v) is 3.50. The molecule has 2 aromatic carbocycles. The van der Waals surface area contributed by atoms with Gasteiger partial charge in [-0.05, 0) is 31.2 Å². The van der Waals surface area contributed by atoms with E-state index in [-0.39, 0.29) is 23.5 Å². The number of amides is 2. The molecule has 0 fully saturated rings. The van der Waals surface area contributed by atoms with Crippen LogP contribution in [0.5, 0.6) is 0 Å². The molecule has 0 radical (unpaired) electrons. The van der Waals surface area contributed by atoms with Crippen molar-refractivity contribution in [3.8, 4) is 0 Å². The molecule has 0 spiro atoms. The van der Waals surface area contributed by atoms with Crippen molar-refractivity contribution in [3.63, 3.8) is 0 Å². The summed E-state index contributed by atoms with van der Waals surface area (Å²) in [6.07, 6.45) is -0.128. The first-order valence-corrected chi connectivity index (χ1v) is 10.2. The van der Waals surface area contributed by atoms with E-state index >= 15 is 0 Å². The van der Waals surface area contributed by atoms with Crippen LogP contribution in [-0.2, 0) is 22.6 Å². The fraction of sp³-hybridized carbons (Fsp3) is 0.200. The molecule has 0 atom stereocenters. The van der Waals surface area contributed by atoms with Crippen LogP contribution < -0.4 is 10.6 Å². The average molecular weight is 449 g/mol. The Labute approximate surface area is 180 Å². The number of carbonyl (C=O) groups is 2. The van der Waals surface area contributed by atoms with E-state index in [2.05, 4.69) is 20.8 Å². The number of nitrogens with one attached hydrogen (secondary N) is 2. The average Bonchev–Trinajstić information content (AvgIpc) is 3.12. The maximum atomic E-state index is 13.7. The van der Waals surface area contributed by atoms with Gasteiger partial charge in [0.2, 0.25) is 11.8 Å². The molecular formula is C20H18F3N5O2S. The second-order valence-corrected chi connectivity index (χ2v) is 7.26. The molecule has 2 N–H and O–H groups in total. The molecule has 0 aliphatic rings. The van der Waals surface area contributed by atoms with E-state index in [1.165, 1.54) is 24.3 Å². The number of benzene rings is 2. The number of carbonyl (C=O) groups excluding carboxylic acids is 2. The van der Waals surface area contributed by atoms with Crippen LogP contribution in [0.1, 0.15) is 12.7 Å². The first-order chi connectivity index (χ1) is 14.9. The molecule has 0 unspecified atom stereocenters. The molecule has 0 aliphatic carbocycles. The highest BCUT2D eigenvalue weighted by molar-refractivity contribution is 7.99. The summed E-state index contributed by atoms with van der Waals surface area (Å²) in [5, 5.41) is 13.4. The van der Waals surface area contributed by atoms with E-state index < -0.39 is 29.3 Å². The molecule has 162 valence electrons. The maximum absolute atomic E-state index is 13.7. The van der Waals surface area contributed by atoms with Gasteiger partial charge in [0, 0.05) is 18.3 Å². The van der Waals surface area contributed by atoms with E-state index in [0.717, 1.165) is 23.9 Å². The standard InChI is InChI=1S/C20H18F3N5O2S/c1-2-28-17(10-18(29)25-16-6-4-3-5-14(16)22)26-27-20(28)31-11-19(30)24-12-7-8-13(21)15(23)9-12/h3-9H,2,10-11H2,1H3,(H,24,30)(H,25,29). The van der Waals surface area contributed by atoms with E-state index in [4.69, 9.17) is 0 Å². The Hall–Kier alpha value is -3.34. The van der Waals surface area contributed by atoms with Crippen LogP contribution in [0.4, 0.5) is 24.5 Å². The van der Waals surface area contributed by atoms with Gasteiger partial charge in [-0.15, -0.1) is 10.2 Å². The molecule has 31 heavy (non-hydrogen) atoms. The zero-order chi connectivity index (χ0) is 22.4. The molecule has 11 heteroatoms. The van der Waals surface area contributed by atoms with Crippen molar-refractivity contribution in [2.75, 3.05) is 16.4 Å². The minimum Gasteiger partial charge on any atom is -0.325 e. The van der Waals surface area contributed by atoms with Gasteiger partial charge < -0.3 is 15.2 Å². The highest BCUT2D eigenvalue weighted by atomic mass is 32.2. The van der Waals surface area contributed by atoms with Crippen LogP contribution in [0.2, 0.25) is 0 Å². The maximum Gasteiger partial charge on any atom is 0.234 e. The molecule has 7 nitrogen and oxygen atoms in total. The van der Waals surface area contributed by atoms with Gasteiger partial charge in [-0.1, -0.05) is 23.9 Å². The monoisotopic (exact) mass is 449 g/mol. The fourth-order valence-electron chi connectivity index (χ4n) is 2.68. The van der Waals surface area contributed by atoms with Crippen molar-refractivity contribution in [2.45, 2.75) is 25.0 Å². The SMILES string of the molecule is CCn1c(CC(=O)Nc2ccccc2F)nnc1SCC(=O)Nc1ccc(F)c(F)c1. The lowest BCUT2D eigenvalue weighted by Gasteiger charge is -2.09. The van der Waals surface area contributed by atoms with Crippen molar-refractivity contribution >= 4 is 35.0 Å². The second kappa shape index (κ2) is 10.1. The van der Waals surface area contributed by atoms with E-state index in [1.54, 1.807) is 10.6 Å². The highest BCUT2D eigenvalue weighted by Crippen LogP contribution is 2.19. The van der Waals surface area contributed by atoms with Gasteiger partial charge in [-0.2, -0.15) is 0 Å². The Morgan fingerprint density at radius 1 is 0.968 bits per heavy atom. The normalized spacial score (nSPS) is 10.7. The number of halogens is 3. The zero-order valence-corrected chi connectivity index (χ0v) is 17.2. The lowest BCUT2D eigenvalue weighted by atomic mass is 10.3. The third-order valence-corrected chi connectivity index (χ3v) is 5.08. The third kappa shape index (κ3) is 5.85. The van der Waals surface area contributed by atoms with Crippen LogP contribution in [0.15, 0.2) is 47.6 Å². The molecule has 0 saturated heterocycles. The first-order valence-electron chi connectivity index (χ1n) is 9.21. The molecule has 3 aromatic rings. The van der Waals surface area contributed by atoms with Crippen molar-refractivity contribution < 1.29 is 22.8 Å². The first kappa shape index (κ1) is 22.3. The van der Waals surface area contributed by atoms with Crippen LogP contribution >= 0.6 is 11.8 Å². The summed E-state index contributed by atoms with van der Waals surface area (Å²) in [6.45, 7) is 2.27. The Morgan fingerprint density at radius 3 is 2.45 bits per heavy atom. The zero-order valence-electron chi connectivity index (χ0n) is 16.4. The van der Waals surface area contributed by atoms with Gasteiger partial charge in [0.1, 0.15) is 11.6 Å². The number of aromatic nitrogens is 3. The highest BCUT2D eigenvalue weighted by Gasteiger charge is 2.17. The third-order valence-electron chi connectivity index (χ3n) is 4.11. The van der Waals surface area contributed by atoms with Crippen molar-refractivity contribution in [1.82, 2.24) is 14.8 Å².